The maximum absolute atomic E-state index is 12.2. The topological polar surface area (TPSA) is 82.2 Å². The molecule has 108 valence electrons. The van der Waals surface area contributed by atoms with Crippen molar-refractivity contribution >= 4 is 11.5 Å². The van der Waals surface area contributed by atoms with Crippen LogP contribution in [0.4, 0.5) is 5.69 Å². The van der Waals surface area contributed by atoms with Crippen LogP contribution < -0.4 is 5.56 Å². The smallest absolute Gasteiger partial charge is 0.288 e. The number of nitrogens with zero attached hydrogens (tertiary/aromatic N) is 2. The van der Waals surface area contributed by atoms with E-state index in [1.807, 2.05) is 0 Å². The molecule has 1 heterocycles. The average molecular weight is 278 g/mol. The van der Waals surface area contributed by atoms with Gasteiger partial charge < -0.3 is 4.57 Å². The highest BCUT2D eigenvalue weighted by Gasteiger charge is 2.22. The average Bonchev–Trinajstić information content (AvgIpc) is 2.42. The van der Waals surface area contributed by atoms with E-state index >= 15 is 0 Å². The Morgan fingerprint density at radius 3 is 2.65 bits per heavy atom. The van der Waals surface area contributed by atoms with Crippen LogP contribution in [-0.4, -0.2) is 15.3 Å². The molecule has 6 heteroatoms. The maximum Gasteiger partial charge on any atom is 0.288 e. The van der Waals surface area contributed by atoms with Crippen molar-refractivity contribution in [1.82, 2.24) is 4.57 Å². The third-order valence-corrected chi connectivity index (χ3v) is 3.89. The van der Waals surface area contributed by atoms with Gasteiger partial charge in [0.05, 0.1) is 17.7 Å². The molecule has 0 saturated heterocycles. The molecule has 0 aromatic carbocycles. The van der Waals surface area contributed by atoms with Gasteiger partial charge in [-0.05, 0) is 19.8 Å². The third kappa shape index (κ3) is 3.12. The molecule has 1 aromatic rings. The van der Waals surface area contributed by atoms with Crippen molar-refractivity contribution < 1.29 is 9.72 Å². The Labute approximate surface area is 116 Å². The number of carbonyl (C=O) groups is 1. The lowest BCUT2D eigenvalue weighted by atomic mass is 9.86. The van der Waals surface area contributed by atoms with Gasteiger partial charge in [0.25, 0.3) is 11.2 Å². The minimum atomic E-state index is -0.531. The van der Waals surface area contributed by atoms with Gasteiger partial charge in [-0.25, -0.2) is 0 Å². The lowest BCUT2D eigenvalue weighted by Crippen LogP contribution is -2.28. The minimum absolute atomic E-state index is 0.00370. The summed E-state index contributed by atoms with van der Waals surface area (Å²) in [6, 6.07) is 1.21. The van der Waals surface area contributed by atoms with Gasteiger partial charge in [-0.1, -0.05) is 19.3 Å². The predicted molar refractivity (Wildman–Crippen MR) is 73.7 cm³/mol. The number of nitro groups is 1. The summed E-state index contributed by atoms with van der Waals surface area (Å²) in [5.41, 5.74) is -0.167. The zero-order valence-electron chi connectivity index (χ0n) is 11.5. The highest BCUT2D eigenvalue weighted by molar-refractivity contribution is 5.80. The summed E-state index contributed by atoms with van der Waals surface area (Å²) >= 11 is 0. The second kappa shape index (κ2) is 5.98. The normalized spacial score (nSPS) is 16.1. The van der Waals surface area contributed by atoms with Crippen molar-refractivity contribution in [3.05, 3.63) is 38.3 Å². The van der Waals surface area contributed by atoms with Crippen molar-refractivity contribution in [3.8, 4) is 0 Å². The molecule has 1 fully saturated rings. The molecule has 0 unspecified atom stereocenters. The summed E-state index contributed by atoms with van der Waals surface area (Å²) in [7, 11) is 0. The molecule has 0 bridgehead atoms. The third-order valence-electron chi connectivity index (χ3n) is 3.89. The number of hydrogen-bond acceptors (Lipinski definition) is 4. The Hall–Kier alpha value is -1.98. The van der Waals surface area contributed by atoms with E-state index < -0.39 is 4.92 Å². The summed E-state index contributed by atoms with van der Waals surface area (Å²) in [4.78, 5) is 34.3. The molecule has 6 nitrogen and oxygen atoms in total. The molecule has 0 amide bonds. The van der Waals surface area contributed by atoms with Crippen molar-refractivity contribution in [2.24, 2.45) is 5.92 Å². The Morgan fingerprint density at radius 1 is 1.40 bits per heavy atom. The van der Waals surface area contributed by atoms with Crippen LogP contribution in [0.3, 0.4) is 0 Å². The van der Waals surface area contributed by atoms with Gasteiger partial charge in [0.2, 0.25) is 0 Å². The molecule has 0 atom stereocenters. The zero-order chi connectivity index (χ0) is 14.7. The Morgan fingerprint density at radius 2 is 2.05 bits per heavy atom. The number of carbonyl (C=O) groups excluding carboxylic acids is 1. The van der Waals surface area contributed by atoms with E-state index in [9.17, 15) is 19.7 Å². The Balaban J connectivity index is 2.20. The molecule has 1 saturated carbocycles. The van der Waals surface area contributed by atoms with Crippen LogP contribution in [0.2, 0.25) is 0 Å². The molecule has 0 N–H and O–H groups in total. The highest BCUT2D eigenvalue weighted by atomic mass is 16.6. The van der Waals surface area contributed by atoms with E-state index in [0.29, 0.717) is 5.56 Å². The highest BCUT2D eigenvalue weighted by Crippen LogP contribution is 2.25. The van der Waals surface area contributed by atoms with E-state index in [1.54, 1.807) is 0 Å². The van der Waals surface area contributed by atoms with Gasteiger partial charge in [0.1, 0.15) is 0 Å². The van der Waals surface area contributed by atoms with E-state index in [-0.39, 0.29) is 29.5 Å². The predicted octanol–water partition coefficient (Wildman–Crippen LogP) is 2.21. The SMILES string of the molecule is Cc1cc(=O)n(CC(=O)C2CCCCC2)cc1[N+](=O)[O-]. The maximum atomic E-state index is 12.2. The van der Waals surface area contributed by atoms with Gasteiger partial charge in [-0.15, -0.1) is 0 Å². The fourth-order valence-electron chi connectivity index (χ4n) is 2.69. The number of aromatic nitrogens is 1. The van der Waals surface area contributed by atoms with Gasteiger partial charge in [0, 0.05) is 17.5 Å². The standard InChI is InChI=1S/C14H18N2O4/c1-10-7-14(18)15(8-12(10)16(19)20)9-13(17)11-5-3-2-4-6-11/h7-8,11H,2-6,9H2,1H3. The van der Waals surface area contributed by atoms with Crippen LogP contribution >= 0.6 is 0 Å². The number of hydrogen-bond donors (Lipinski definition) is 0. The molecular weight excluding hydrogens is 260 g/mol. The van der Waals surface area contributed by atoms with Gasteiger partial charge in [-0.3, -0.25) is 19.7 Å². The summed E-state index contributed by atoms with van der Waals surface area (Å²) in [6.45, 7) is 1.46. The summed E-state index contributed by atoms with van der Waals surface area (Å²) in [6.07, 6.45) is 6.14. The molecule has 1 aliphatic rings. The van der Waals surface area contributed by atoms with Crippen LogP contribution in [0, 0.1) is 23.0 Å². The first-order valence-electron chi connectivity index (χ1n) is 6.87. The van der Waals surface area contributed by atoms with E-state index in [0.717, 1.165) is 36.7 Å². The van der Waals surface area contributed by atoms with Crippen LogP contribution in [0.5, 0.6) is 0 Å². The molecule has 1 aromatic heterocycles. The van der Waals surface area contributed by atoms with E-state index in [2.05, 4.69) is 0 Å². The van der Waals surface area contributed by atoms with Crippen LogP contribution in [-0.2, 0) is 11.3 Å². The van der Waals surface area contributed by atoms with E-state index in [1.165, 1.54) is 19.2 Å². The summed E-state index contributed by atoms with van der Waals surface area (Å²) in [5, 5.41) is 10.9. The van der Waals surface area contributed by atoms with Crippen molar-refractivity contribution in [1.29, 1.82) is 0 Å². The largest absolute Gasteiger partial charge is 0.301 e. The monoisotopic (exact) mass is 278 g/mol. The fraction of sp³-hybridized carbons (Fsp3) is 0.571. The second-order valence-corrected chi connectivity index (χ2v) is 5.37. The van der Waals surface area contributed by atoms with E-state index in [4.69, 9.17) is 0 Å². The quantitative estimate of drug-likeness (QED) is 0.624. The number of aryl methyl sites for hydroxylation is 1. The van der Waals surface area contributed by atoms with Crippen molar-refractivity contribution in [2.45, 2.75) is 45.6 Å². The second-order valence-electron chi connectivity index (χ2n) is 5.37. The van der Waals surface area contributed by atoms with Crippen LogP contribution in [0.15, 0.2) is 17.1 Å². The number of ketones is 1. The van der Waals surface area contributed by atoms with Crippen molar-refractivity contribution in [3.63, 3.8) is 0 Å². The first-order chi connectivity index (χ1) is 9.49. The molecule has 0 aliphatic heterocycles. The number of pyridine rings is 1. The molecule has 1 aliphatic carbocycles. The first-order valence-corrected chi connectivity index (χ1v) is 6.87. The molecular formula is C14H18N2O4. The van der Waals surface area contributed by atoms with Crippen LogP contribution in [0.25, 0.3) is 0 Å². The first kappa shape index (κ1) is 14.4. The molecule has 2 rings (SSSR count). The molecule has 0 spiro atoms. The number of Topliss-reactive ketones (excluding diaryl/α,β-unsaturated/α-hetero) is 1. The van der Waals surface area contributed by atoms with Crippen molar-refractivity contribution in [2.75, 3.05) is 0 Å². The van der Waals surface area contributed by atoms with Crippen LogP contribution in [0.1, 0.15) is 37.7 Å². The lowest BCUT2D eigenvalue weighted by Gasteiger charge is -2.20. The Kier molecular flexibility index (Phi) is 4.32. The lowest BCUT2D eigenvalue weighted by molar-refractivity contribution is -0.385. The van der Waals surface area contributed by atoms with Gasteiger partial charge >= 0.3 is 0 Å². The molecule has 20 heavy (non-hydrogen) atoms. The molecule has 0 radical (unpaired) electrons. The number of rotatable bonds is 4. The minimum Gasteiger partial charge on any atom is -0.301 e. The Bertz CT molecular complexity index is 585. The zero-order valence-corrected chi connectivity index (χ0v) is 11.5. The van der Waals surface area contributed by atoms with Gasteiger partial charge in [0.15, 0.2) is 5.78 Å². The summed E-state index contributed by atoms with van der Waals surface area (Å²) in [5.74, 6) is 0.000889. The van der Waals surface area contributed by atoms with Gasteiger partial charge in [-0.2, -0.15) is 0 Å². The fourth-order valence-corrected chi connectivity index (χ4v) is 2.69. The summed E-state index contributed by atoms with van der Waals surface area (Å²) < 4.78 is 1.15.